The molecule has 4 nitrogen and oxygen atoms in total. The van der Waals surface area contributed by atoms with Crippen molar-refractivity contribution in [3.05, 3.63) is 60.2 Å². The first-order valence-corrected chi connectivity index (χ1v) is 8.41. The maximum absolute atomic E-state index is 12.0. The van der Waals surface area contributed by atoms with Gasteiger partial charge >= 0.3 is 0 Å². The first-order chi connectivity index (χ1) is 11.6. The fourth-order valence-electron chi connectivity index (χ4n) is 2.22. The average molecular weight is 326 g/mol. The highest BCUT2D eigenvalue weighted by atomic mass is 16.5. The lowest BCUT2D eigenvalue weighted by molar-refractivity contribution is -0.119. The minimum absolute atomic E-state index is 0.0235. The largest absolute Gasteiger partial charge is 0.491 e. The first-order valence-electron chi connectivity index (χ1n) is 8.41. The molecule has 0 spiro atoms. The van der Waals surface area contributed by atoms with Gasteiger partial charge in [-0.1, -0.05) is 56.3 Å². The van der Waals surface area contributed by atoms with Crippen molar-refractivity contribution >= 4 is 11.6 Å². The van der Waals surface area contributed by atoms with Gasteiger partial charge in [-0.05, 0) is 30.0 Å². The highest BCUT2D eigenvalue weighted by Crippen LogP contribution is 2.23. The van der Waals surface area contributed by atoms with Gasteiger partial charge in [0.25, 0.3) is 0 Å². The Morgan fingerprint density at radius 3 is 2.50 bits per heavy atom. The molecule has 2 N–H and O–H groups in total. The van der Waals surface area contributed by atoms with Crippen molar-refractivity contribution in [3.8, 4) is 5.75 Å². The van der Waals surface area contributed by atoms with Crippen LogP contribution in [0.4, 0.5) is 5.69 Å². The Bertz CT molecular complexity index is 627. The summed E-state index contributed by atoms with van der Waals surface area (Å²) in [5.41, 5.74) is 2.06. The van der Waals surface area contributed by atoms with Crippen LogP contribution in [0.15, 0.2) is 54.6 Å². The number of anilines is 1. The van der Waals surface area contributed by atoms with Gasteiger partial charge in [-0.25, -0.2) is 0 Å². The molecule has 1 amide bonds. The summed E-state index contributed by atoms with van der Waals surface area (Å²) in [6.45, 7) is 5.74. The van der Waals surface area contributed by atoms with E-state index in [1.165, 1.54) is 5.56 Å². The van der Waals surface area contributed by atoms with Crippen molar-refractivity contribution in [1.29, 1.82) is 0 Å². The SMILES string of the molecule is CC(C)COc1ccccc1NCC(=O)NCCc1ccccc1. The van der Waals surface area contributed by atoms with E-state index in [4.69, 9.17) is 4.74 Å². The van der Waals surface area contributed by atoms with E-state index >= 15 is 0 Å². The van der Waals surface area contributed by atoms with E-state index in [2.05, 4.69) is 36.6 Å². The van der Waals surface area contributed by atoms with E-state index < -0.39 is 0 Å². The predicted octanol–water partition coefficient (Wildman–Crippen LogP) is 3.49. The van der Waals surface area contributed by atoms with Crippen molar-refractivity contribution in [2.45, 2.75) is 20.3 Å². The van der Waals surface area contributed by atoms with Gasteiger partial charge < -0.3 is 15.4 Å². The number of hydrogen-bond donors (Lipinski definition) is 2. The first kappa shape index (κ1) is 17.9. The summed E-state index contributed by atoms with van der Waals surface area (Å²) in [5.74, 6) is 1.22. The fraction of sp³-hybridized carbons (Fsp3) is 0.350. The number of amides is 1. The minimum atomic E-state index is -0.0235. The zero-order valence-corrected chi connectivity index (χ0v) is 14.4. The maximum atomic E-state index is 12.0. The number of hydrogen-bond acceptors (Lipinski definition) is 3. The van der Waals surface area contributed by atoms with Crippen LogP contribution in [0.25, 0.3) is 0 Å². The molecule has 2 aromatic rings. The molecule has 0 fully saturated rings. The number of benzene rings is 2. The lowest BCUT2D eigenvalue weighted by atomic mass is 10.1. The van der Waals surface area contributed by atoms with Gasteiger partial charge in [0.05, 0.1) is 18.8 Å². The summed E-state index contributed by atoms with van der Waals surface area (Å²) in [5, 5.41) is 6.08. The molecule has 128 valence electrons. The summed E-state index contributed by atoms with van der Waals surface area (Å²) in [6.07, 6.45) is 0.834. The van der Waals surface area contributed by atoms with Crippen LogP contribution in [0.3, 0.4) is 0 Å². The van der Waals surface area contributed by atoms with Gasteiger partial charge in [-0.15, -0.1) is 0 Å². The van der Waals surface area contributed by atoms with Crippen LogP contribution in [0.2, 0.25) is 0 Å². The summed E-state index contributed by atoms with van der Waals surface area (Å²) in [4.78, 5) is 12.0. The van der Waals surface area contributed by atoms with Crippen molar-refractivity contribution in [1.82, 2.24) is 5.32 Å². The molecule has 0 aliphatic heterocycles. The molecule has 0 aliphatic rings. The van der Waals surface area contributed by atoms with Crippen molar-refractivity contribution in [2.75, 3.05) is 25.0 Å². The van der Waals surface area contributed by atoms with E-state index in [1.807, 2.05) is 42.5 Å². The Kier molecular flexibility index (Phi) is 7.15. The highest BCUT2D eigenvalue weighted by Gasteiger charge is 2.06. The van der Waals surface area contributed by atoms with E-state index in [9.17, 15) is 4.79 Å². The summed E-state index contributed by atoms with van der Waals surface area (Å²) >= 11 is 0. The quantitative estimate of drug-likeness (QED) is 0.741. The molecule has 4 heteroatoms. The maximum Gasteiger partial charge on any atom is 0.239 e. The second-order valence-electron chi connectivity index (χ2n) is 6.14. The van der Waals surface area contributed by atoms with Gasteiger partial charge in [0.15, 0.2) is 0 Å². The van der Waals surface area contributed by atoms with Gasteiger partial charge in [0.2, 0.25) is 5.91 Å². The van der Waals surface area contributed by atoms with Crippen LogP contribution in [0, 0.1) is 5.92 Å². The third kappa shape index (κ3) is 6.32. The van der Waals surface area contributed by atoms with Gasteiger partial charge in [-0.3, -0.25) is 4.79 Å². The second-order valence-corrected chi connectivity index (χ2v) is 6.14. The number of rotatable bonds is 9. The summed E-state index contributed by atoms with van der Waals surface area (Å²) < 4.78 is 5.78. The van der Waals surface area contributed by atoms with Gasteiger partial charge in [-0.2, -0.15) is 0 Å². The standard InChI is InChI=1S/C20H26N2O2/c1-16(2)15-24-19-11-7-6-10-18(19)22-14-20(23)21-13-12-17-8-4-3-5-9-17/h3-11,16,22H,12-15H2,1-2H3,(H,21,23). The Labute approximate surface area is 144 Å². The number of ether oxygens (including phenoxy) is 1. The molecule has 0 aromatic heterocycles. The number of carbonyl (C=O) groups excluding carboxylic acids is 1. The molecule has 0 bridgehead atoms. The average Bonchev–Trinajstić information content (AvgIpc) is 2.59. The van der Waals surface area contributed by atoms with Crippen LogP contribution < -0.4 is 15.4 Å². The molecule has 0 heterocycles. The van der Waals surface area contributed by atoms with Crippen LogP contribution in [0.1, 0.15) is 19.4 Å². The molecule has 0 radical (unpaired) electrons. The van der Waals surface area contributed by atoms with Crippen LogP contribution in [0.5, 0.6) is 5.75 Å². The Morgan fingerprint density at radius 1 is 1.04 bits per heavy atom. The van der Waals surface area contributed by atoms with Crippen LogP contribution >= 0.6 is 0 Å². The van der Waals surface area contributed by atoms with E-state index in [1.54, 1.807) is 0 Å². The van der Waals surface area contributed by atoms with Crippen molar-refractivity contribution in [3.63, 3.8) is 0 Å². The fourth-order valence-corrected chi connectivity index (χ4v) is 2.22. The van der Waals surface area contributed by atoms with Crippen molar-refractivity contribution < 1.29 is 9.53 Å². The smallest absolute Gasteiger partial charge is 0.239 e. The summed E-state index contributed by atoms with van der Waals surface area (Å²) in [7, 11) is 0. The molecule has 0 unspecified atom stereocenters. The third-order valence-corrected chi connectivity index (χ3v) is 3.48. The van der Waals surface area contributed by atoms with Gasteiger partial charge in [0, 0.05) is 6.54 Å². The van der Waals surface area contributed by atoms with Gasteiger partial charge in [0.1, 0.15) is 5.75 Å². The molecule has 0 aliphatic carbocycles. The van der Waals surface area contributed by atoms with E-state index in [0.29, 0.717) is 19.1 Å². The summed E-state index contributed by atoms with van der Waals surface area (Å²) in [6, 6.07) is 17.8. The predicted molar refractivity (Wildman–Crippen MR) is 98.4 cm³/mol. The van der Waals surface area contributed by atoms with Crippen LogP contribution in [-0.2, 0) is 11.2 Å². The molecule has 0 saturated heterocycles. The molecule has 0 atom stereocenters. The lowest BCUT2D eigenvalue weighted by Gasteiger charge is -2.14. The highest BCUT2D eigenvalue weighted by molar-refractivity contribution is 5.81. The zero-order chi connectivity index (χ0) is 17.2. The topological polar surface area (TPSA) is 50.4 Å². The molecular formula is C20H26N2O2. The van der Waals surface area contributed by atoms with E-state index in [0.717, 1.165) is 17.9 Å². The molecule has 2 rings (SSSR count). The number of nitrogens with one attached hydrogen (secondary N) is 2. The monoisotopic (exact) mass is 326 g/mol. The minimum Gasteiger partial charge on any atom is -0.491 e. The molecule has 2 aromatic carbocycles. The lowest BCUT2D eigenvalue weighted by Crippen LogP contribution is -2.31. The zero-order valence-electron chi connectivity index (χ0n) is 14.4. The van der Waals surface area contributed by atoms with E-state index in [-0.39, 0.29) is 12.5 Å². The molecule has 0 saturated carbocycles. The van der Waals surface area contributed by atoms with Crippen LogP contribution in [-0.4, -0.2) is 25.6 Å². The Hall–Kier alpha value is -2.49. The second kappa shape index (κ2) is 9.60. The normalized spacial score (nSPS) is 10.5. The molecular weight excluding hydrogens is 300 g/mol. The Morgan fingerprint density at radius 2 is 1.75 bits per heavy atom. The van der Waals surface area contributed by atoms with Crippen molar-refractivity contribution in [2.24, 2.45) is 5.92 Å². The third-order valence-electron chi connectivity index (χ3n) is 3.48. The number of carbonyl (C=O) groups is 1. The number of para-hydroxylation sites is 2. The molecule has 24 heavy (non-hydrogen) atoms. The Balaban J connectivity index is 1.75.